The average Bonchev–Trinajstić information content (AvgIpc) is 2.54. The van der Waals surface area contributed by atoms with Gasteiger partial charge in [-0.25, -0.2) is 0 Å². The second-order valence-corrected chi connectivity index (χ2v) is 5.54. The highest BCUT2D eigenvalue weighted by Gasteiger charge is 2.35. The molecular weight excluding hydrogens is 386 g/mol. The standard InChI is InChI=1S/C16H11ClF6N2O/c17-13-11(16(21,22)23)5-7-24-12(13)6-8-25-14(26)9-3-1-2-4-10(9)15(18,19)20/h1-5,7H,6,8H2,(H,25,26). The Balaban J connectivity index is 2.09. The Bertz CT molecular complexity index is 804. The predicted molar refractivity (Wildman–Crippen MR) is 81.7 cm³/mol. The molecule has 0 saturated carbocycles. The van der Waals surface area contributed by atoms with E-state index in [0.717, 1.165) is 24.4 Å². The Hall–Kier alpha value is -2.29. The first-order valence-electron chi connectivity index (χ1n) is 7.17. The molecule has 0 aliphatic rings. The van der Waals surface area contributed by atoms with Crippen molar-refractivity contribution in [2.45, 2.75) is 18.8 Å². The molecule has 3 nitrogen and oxygen atoms in total. The van der Waals surface area contributed by atoms with Crippen LogP contribution >= 0.6 is 11.6 Å². The Labute approximate surface area is 149 Å². The second-order valence-electron chi connectivity index (χ2n) is 5.17. The number of hydrogen-bond acceptors (Lipinski definition) is 2. The molecule has 1 aromatic heterocycles. The molecular formula is C16H11ClF6N2O. The van der Waals surface area contributed by atoms with E-state index in [2.05, 4.69) is 10.3 Å². The Morgan fingerprint density at radius 3 is 2.23 bits per heavy atom. The maximum Gasteiger partial charge on any atom is 0.417 e. The van der Waals surface area contributed by atoms with E-state index in [4.69, 9.17) is 11.6 Å². The van der Waals surface area contributed by atoms with Gasteiger partial charge in [-0.2, -0.15) is 26.3 Å². The molecule has 10 heteroatoms. The molecule has 26 heavy (non-hydrogen) atoms. The average molecular weight is 397 g/mol. The highest BCUT2D eigenvalue weighted by molar-refractivity contribution is 6.32. The van der Waals surface area contributed by atoms with Crippen LogP contribution in [0, 0.1) is 0 Å². The highest BCUT2D eigenvalue weighted by Crippen LogP contribution is 2.35. The van der Waals surface area contributed by atoms with Crippen LogP contribution in [0.5, 0.6) is 0 Å². The van der Waals surface area contributed by atoms with E-state index in [9.17, 15) is 31.1 Å². The Morgan fingerprint density at radius 2 is 1.62 bits per heavy atom. The van der Waals surface area contributed by atoms with Crippen molar-refractivity contribution in [3.05, 3.63) is 63.9 Å². The summed E-state index contributed by atoms with van der Waals surface area (Å²) in [5.74, 6) is -0.999. The minimum atomic E-state index is -4.71. The first-order valence-corrected chi connectivity index (χ1v) is 7.54. The van der Waals surface area contributed by atoms with E-state index < -0.39 is 40.0 Å². The van der Waals surface area contributed by atoms with Gasteiger partial charge in [0.2, 0.25) is 0 Å². The molecule has 0 atom stereocenters. The van der Waals surface area contributed by atoms with Gasteiger partial charge in [0, 0.05) is 19.2 Å². The van der Waals surface area contributed by atoms with Crippen LogP contribution in [0.4, 0.5) is 26.3 Å². The predicted octanol–water partition coefficient (Wildman–Crippen LogP) is 4.75. The summed E-state index contributed by atoms with van der Waals surface area (Å²) in [5, 5.41) is 1.62. The largest absolute Gasteiger partial charge is 0.417 e. The first-order chi connectivity index (χ1) is 12.0. The molecule has 2 aromatic rings. The van der Waals surface area contributed by atoms with Gasteiger partial charge in [0.15, 0.2) is 0 Å². The summed E-state index contributed by atoms with van der Waals surface area (Å²) >= 11 is 5.67. The zero-order valence-electron chi connectivity index (χ0n) is 12.9. The Kier molecular flexibility index (Phi) is 5.80. The molecule has 0 bridgehead atoms. The number of rotatable bonds is 4. The van der Waals surface area contributed by atoms with Crippen LogP contribution in [0.2, 0.25) is 5.02 Å². The summed E-state index contributed by atoms with van der Waals surface area (Å²) in [7, 11) is 0. The van der Waals surface area contributed by atoms with Gasteiger partial charge >= 0.3 is 12.4 Å². The fourth-order valence-corrected chi connectivity index (χ4v) is 2.51. The van der Waals surface area contributed by atoms with E-state index >= 15 is 0 Å². The Morgan fingerprint density at radius 1 is 1.00 bits per heavy atom. The number of carbonyl (C=O) groups is 1. The van der Waals surface area contributed by atoms with Gasteiger partial charge in [-0.3, -0.25) is 9.78 Å². The van der Waals surface area contributed by atoms with E-state index in [-0.39, 0.29) is 18.7 Å². The number of alkyl halides is 6. The van der Waals surface area contributed by atoms with Crippen LogP contribution in [-0.4, -0.2) is 17.4 Å². The van der Waals surface area contributed by atoms with Gasteiger partial charge in [-0.15, -0.1) is 0 Å². The maximum absolute atomic E-state index is 12.9. The third-order valence-corrected chi connectivity index (χ3v) is 3.81. The van der Waals surface area contributed by atoms with Gasteiger partial charge in [0.1, 0.15) is 0 Å². The van der Waals surface area contributed by atoms with Crippen LogP contribution in [0.1, 0.15) is 27.2 Å². The number of halogens is 7. The number of amides is 1. The fraction of sp³-hybridized carbons (Fsp3) is 0.250. The topological polar surface area (TPSA) is 42.0 Å². The van der Waals surface area contributed by atoms with Crippen molar-refractivity contribution in [3.8, 4) is 0 Å². The molecule has 1 N–H and O–H groups in total. The molecule has 1 aromatic carbocycles. The van der Waals surface area contributed by atoms with Gasteiger partial charge in [0.25, 0.3) is 5.91 Å². The zero-order valence-corrected chi connectivity index (χ0v) is 13.6. The minimum absolute atomic E-state index is 0.120. The third-order valence-electron chi connectivity index (χ3n) is 3.39. The lowest BCUT2D eigenvalue weighted by Crippen LogP contribution is -2.28. The molecule has 0 spiro atoms. The lowest BCUT2D eigenvalue weighted by Gasteiger charge is -2.13. The van der Waals surface area contributed by atoms with Crippen molar-refractivity contribution in [2.24, 2.45) is 0 Å². The molecule has 0 fully saturated rings. The number of aromatic nitrogens is 1. The molecule has 1 heterocycles. The second kappa shape index (κ2) is 7.53. The first kappa shape index (κ1) is 20.0. The lowest BCUT2D eigenvalue weighted by atomic mass is 10.1. The van der Waals surface area contributed by atoms with E-state index in [1.807, 2.05) is 0 Å². The summed E-state index contributed by atoms with van der Waals surface area (Å²) < 4.78 is 77.0. The SMILES string of the molecule is O=C(NCCc1nccc(C(F)(F)F)c1Cl)c1ccccc1C(F)(F)F. The monoisotopic (exact) mass is 396 g/mol. The van der Waals surface area contributed by atoms with Crippen molar-refractivity contribution in [2.75, 3.05) is 6.54 Å². The van der Waals surface area contributed by atoms with E-state index in [1.54, 1.807) is 0 Å². The summed E-state index contributed by atoms with van der Waals surface area (Å²) in [6, 6.07) is 4.90. The molecule has 140 valence electrons. The zero-order chi connectivity index (χ0) is 19.5. The van der Waals surface area contributed by atoms with Crippen molar-refractivity contribution in [1.82, 2.24) is 10.3 Å². The van der Waals surface area contributed by atoms with Crippen LogP contribution < -0.4 is 5.32 Å². The van der Waals surface area contributed by atoms with Gasteiger partial charge in [0.05, 0.1) is 27.4 Å². The number of pyridine rings is 1. The van der Waals surface area contributed by atoms with E-state index in [0.29, 0.717) is 6.07 Å². The summed E-state index contributed by atoms with van der Waals surface area (Å²) in [4.78, 5) is 15.7. The van der Waals surface area contributed by atoms with Gasteiger partial charge in [-0.05, 0) is 18.2 Å². The van der Waals surface area contributed by atoms with Crippen LogP contribution in [0.3, 0.4) is 0 Å². The fourth-order valence-electron chi connectivity index (χ4n) is 2.20. The minimum Gasteiger partial charge on any atom is -0.352 e. The van der Waals surface area contributed by atoms with Crippen molar-refractivity contribution < 1.29 is 31.1 Å². The molecule has 2 rings (SSSR count). The number of benzene rings is 1. The molecule has 1 amide bonds. The van der Waals surface area contributed by atoms with E-state index in [1.165, 1.54) is 6.07 Å². The van der Waals surface area contributed by atoms with Crippen LogP contribution in [0.25, 0.3) is 0 Å². The molecule has 0 radical (unpaired) electrons. The van der Waals surface area contributed by atoms with Gasteiger partial charge in [-0.1, -0.05) is 23.7 Å². The quantitative estimate of drug-likeness (QED) is 0.758. The summed E-state index contributed by atoms with van der Waals surface area (Å²) in [6.07, 6.45) is -8.63. The lowest BCUT2D eigenvalue weighted by molar-refractivity contribution is -0.138. The van der Waals surface area contributed by atoms with Crippen LogP contribution in [0.15, 0.2) is 36.5 Å². The molecule has 0 aliphatic carbocycles. The number of hydrogen-bond donors (Lipinski definition) is 1. The summed E-state index contributed by atoms with van der Waals surface area (Å²) in [6.45, 7) is -0.237. The normalized spacial score (nSPS) is 12.1. The number of nitrogens with one attached hydrogen (secondary N) is 1. The number of carbonyl (C=O) groups excluding carboxylic acids is 1. The van der Waals surface area contributed by atoms with Gasteiger partial charge < -0.3 is 5.32 Å². The van der Waals surface area contributed by atoms with Crippen LogP contribution in [-0.2, 0) is 18.8 Å². The smallest absolute Gasteiger partial charge is 0.352 e. The highest BCUT2D eigenvalue weighted by atomic mass is 35.5. The maximum atomic E-state index is 12.9. The van der Waals surface area contributed by atoms with Crippen molar-refractivity contribution >= 4 is 17.5 Å². The summed E-state index contributed by atoms with van der Waals surface area (Å²) in [5.41, 5.74) is -2.88. The molecule has 0 saturated heterocycles. The molecule has 0 unspecified atom stereocenters. The third kappa shape index (κ3) is 4.66. The van der Waals surface area contributed by atoms with Crippen molar-refractivity contribution in [1.29, 1.82) is 0 Å². The number of nitrogens with zero attached hydrogens (tertiary/aromatic N) is 1. The van der Waals surface area contributed by atoms with Crippen molar-refractivity contribution in [3.63, 3.8) is 0 Å². The molecule has 0 aliphatic heterocycles.